The highest BCUT2D eigenvalue weighted by atomic mass is 32.2. The zero-order valence-corrected chi connectivity index (χ0v) is 22.3. The molecule has 0 saturated carbocycles. The fraction of sp³-hybridized carbons (Fsp3) is 0.267. The van der Waals surface area contributed by atoms with Gasteiger partial charge in [0.05, 0.1) is 12.3 Å². The number of fused-ring (bicyclic) bond motifs is 3. The van der Waals surface area contributed by atoms with Crippen LogP contribution < -0.4 is 5.32 Å². The molecule has 0 aromatic heterocycles. The van der Waals surface area contributed by atoms with Gasteiger partial charge in [-0.05, 0) is 27.8 Å². The van der Waals surface area contributed by atoms with Crippen LogP contribution in [0.25, 0.3) is 11.1 Å². The molecular formula is C30H28N2O7S. The number of ether oxygens (including phenoxy) is 2. The van der Waals surface area contributed by atoms with Crippen molar-refractivity contribution in [1.82, 2.24) is 10.2 Å². The number of benzene rings is 3. The summed E-state index contributed by atoms with van der Waals surface area (Å²) in [5.41, 5.74) is 4.99. The third kappa shape index (κ3) is 5.96. The molecule has 1 aliphatic carbocycles. The van der Waals surface area contributed by atoms with Crippen molar-refractivity contribution in [3.05, 3.63) is 95.6 Å². The molecule has 1 fully saturated rings. The van der Waals surface area contributed by atoms with E-state index < -0.39 is 42.4 Å². The first-order valence-electron chi connectivity index (χ1n) is 12.8. The van der Waals surface area contributed by atoms with Gasteiger partial charge in [-0.2, -0.15) is 0 Å². The molecular weight excluding hydrogens is 532 g/mol. The highest BCUT2D eigenvalue weighted by Crippen LogP contribution is 2.44. The quantitative estimate of drug-likeness (QED) is 0.377. The van der Waals surface area contributed by atoms with E-state index in [4.69, 9.17) is 9.47 Å². The largest absolute Gasteiger partial charge is 0.480 e. The summed E-state index contributed by atoms with van der Waals surface area (Å²) in [7, 11) is 0. The van der Waals surface area contributed by atoms with Gasteiger partial charge in [0, 0.05) is 11.7 Å². The zero-order valence-electron chi connectivity index (χ0n) is 21.5. The number of esters is 1. The van der Waals surface area contributed by atoms with Crippen molar-refractivity contribution in [3.63, 3.8) is 0 Å². The van der Waals surface area contributed by atoms with Crippen LogP contribution in [0.4, 0.5) is 4.79 Å². The van der Waals surface area contributed by atoms with Crippen LogP contribution in [0.3, 0.4) is 0 Å². The Bertz CT molecular complexity index is 1370. The van der Waals surface area contributed by atoms with Crippen molar-refractivity contribution in [1.29, 1.82) is 0 Å². The molecule has 1 heterocycles. The molecule has 0 spiro atoms. The molecule has 10 heteroatoms. The summed E-state index contributed by atoms with van der Waals surface area (Å²) in [5.74, 6) is -2.36. The first-order valence-corrected chi connectivity index (χ1v) is 14.0. The van der Waals surface area contributed by atoms with E-state index in [0.29, 0.717) is 0 Å². The van der Waals surface area contributed by atoms with E-state index in [9.17, 15) is 24.3 Å². The highest BCUT2D eigenvalue weighted by Gasteiger charge is 2.39. The molecule has 1 unspecified atom stereocenters. The van der Waals surface area contributed by atoms with Crippen molar-refractivity contribution in [2.75, 3.05) is 18.2 Å². The standard InChI is InChI=1S/C30H28N2O7S/c33-27(38-15-19-8-2-1-3-9-19)14-25(28(34)32-18-40-17-26(32)29(35)36)31-30(37)39-16-24-22-12-6-4-10-20(22)21-11-5-7-13-23(21)24/h1-13,24-26H,14-18H2,(H,31,37)(H,35,36)/t25-,26?/m0/s1. The number of thioether (sulfide) groups is 1. The molecule has 1 aliphatic heterocycles. The Hall–Kier alpha value is -4.31. The average molecular weight is 561 g/mol. The molecule has 2 amide bonds. The maximum Gasteiger partial charge on any atom is 0.407 e. The molecule has 2 N–H and O–H groups in total. The smallest absolute Gasteiger partial charge is 0.407 e. The fourth-order valence-corrected chi connectivity index (χ4v) is 6.17. The molecule has 3 aromatic rings. The van der Waals surface area contributed by atoms with E-state index in [0.717, 1.165) is 32.7 Å². The normalized spacial score (nSPS) is 16.5. The minimum atomic E-state index is -1.35. The van der Waals surface area contributed by atoms with Gasteiger partial charge in [0.1, 0.15) is 25.3 Å². The number of hydrogen-bond acceptors (Lipinski definition) is 7. The summed E-state index contributed by atoms with van der Waals surface area (Å²) in [6, 6.07) is 22.5. The topological polar surface area (TPSA) is 122 Å². The van der Waals surface area contributed by atoms with Crippen molar-refractivity contribution >= 4 is 35.7 Å². The number of nitrogens with zero attached hydrogens (tertiary/aromatic N) is 1. The monoisotopic (exact) mass is 560 g/mol. The van der Waals surface area contributed by atoms with Gasteiger partial charge in [0.15, 0.2) is 0 Å². The van der Waals surface area contributed by atoms with Crippen LogP contribution in [0.15, 0.2) is 78.9 Å². The molecule has 9 nitrogen and oxygen atoms in total. The number of carboxylic acids is 1. The summed E-state index contributed by atoms with van der Waals surface area (Å²) >= 11 is 1.29. The SMILES string of the molecule is O=C(C[C@H](NC(=O)OCC1c2ccccc2-c2ccccc21)C(=O)N1CSCC1C(=O)O)OCc1ccccc1. The first kappa shape index (κ1) is 27.3. The molecule has 206 valence electrons. The molecule has 0 radical (unpaired) electrons. The van der Waals surface area contributed by atoms with Crippen molar-refractivity contribution < 1.29 is 33.8 Å². The lowest BCUT2D eigenvalue weighted by Crippen LogP contribution is -2.53. The second kappa shape index (κ2) is 12.3. The van der Waals surface area contributed by atoms with E-state index in [1.165, 1.54) is 11.8 Å². The van der Waals surface area contributed by atoms with Gasteiger partial charge in [-0.15, -0.1) is 11.8 Å². The third-order valence-electron chi connectivity index (χ3n) is 7.00. The first-order chi connectivity index (χ1) is 19.4. The number of aliphatic carboxylic acids is 1. The third-order valence-corrected chi connectivity index (χ3v) is 8.01. The van der Waals surface area contributed by atoms with Crippen LogP contribution in [0, 0.1) is 0 Å². The Morgan fingerprint density at radius 2 is 1.52 bits per heavy atom. The van der Waals surface area contributed by atoms with Crippen molar-refractivity contribution in [3.8, 4) is 11.1 Å². The summed E-state index contributed by atoms with van der Waals surface area (Å²) in [6.07, 6.45) is -1.35. The van der Waals surface area contributed by atoms with E-state index in [-0.39, 0.29) is 30.8 Å². The molecule has 1 saturated heterocycles. The number of carbonyl (C=O) groups is 4. The predicted molar refractivity (Wildman–Crippen MR) is 148 cm³/mol. The molecule has 5 rings (SSSR count). The van der Waals surface area contributed by atoms with E-state index in [1.807, 2.05) is 66.7 Å². The van der Waals surface area contributed by atoms with Gasteiger partial charge in [0.2, 0.25) is 5.91 Å². The van der Waals surface area contributed by atoms with Crippen LogP contribution >= 0.6 is 11.8 Å². The van der Waals surface area contributed by atoms with Crippen LogP contribution in [-0.2, 0) is 30.5 Å². The minimum absolute atomic E-state index is 0.00282. The second-order valence-corrected chi connectivity index (χ2v) is 10.5. The van der Waals surface area contributed by atoms with Gasteiger partial charge in [-0.1, -0.05) is 78.9 Å². The molecule has 3 aromatic carbocycles. The number of alkyl carbamates (subject to hydrolysis) is 1. The lowest BCUT2D eigenvalue weighted by atomic mass is 9.98. The minimum Gasteiger partial charge on any atom is -0.480 e. The van der Waals surface area contributed by atoms with E-state index in [1.54, 1.807) is 12.1 Å². The summed E-state index contributed by atoms with van der Waals surface area (Å²) < 4.78 is 10.9. The van der Waals surface area contributed by atoms with E-state index >= 15 is 0 Å². The lowest BCUT2D eigenvalue weighted by Gasteiger charge is -2.26. The van der Waals surface area contributed by atoms with Gasteiger partial charge in [0.25, 0.3) is 0 Å². The van der Waals surface area contributed by atoms with E-state index in [2.05, 4.69) is 5.32 Å². The predicted octanol–water partition coefficient (Wildman–Crippen LogP) is 4.01. The average Bonchev–Trinajstić information content (AvgIpc) is 3.59. The van der Waals surface area contributed by atoms with Crippen LogP contribution in [0.5, 0.6) is 0 Å². The second-order valence-electron chi connectivity index (χ2n) is 9.53. The summed E-state index contributed by atoms with van der Waals surface area (Å²) in [5, 5.41) is 12.0. The Morgan fingerprint density at radius 1 is 0.900 bits per heavy atom. The Labute approximate surface area is 235 Å². The number of nitrogens with one attached hydrogen (secondary N) is 1. The fourth-order valence-electron chi connectivity index (χ4n) is 5.01. The molecule has 2 aliphatic rings. The molecule has 40 heavy (non-hydrogen) atoms. The van der Waals surface area contributed by atoms with Gasteiger partial charge in [-0.3, -0.25) is 9.59 Å². The van der Waals surface area contributed by atoms with Crippen LogP contribution in [0.2, 0.25) is 0 Å². The maximum atomic E-state index is 13.4. The molecule has 2 atom stereocenters. The van der Waals surface area contributed by atoms with Crippen molar-refractivity contribution in [2.24, 2.45) is 0 Å². The number of hydrogen-bond donors (Lipinski definition) is 2. The zero-order chi connectivity index (χ0) is 28.1. The van der Waals surface area contributed by atoms with Crippen molar-refractivity contribution in [2.45, 2.75) is 31.0 Å². The number of carbonyl (C=O) groups excluding carboxylic acids is 3. The van der Waals surface area contributed by atoms with Gasteiger partial charge in [-0.25, -0.2) is 9.59 Å². The lowest BCUT2D eigenvalue weighted by molar-refractivity contribution is -0.151. The van der Waals surface area contributed by atoms with Crippen LogP contribution in [-0.4, -0.2) is 64.3 Å². The highest BCUT2D eigenvalue weighted by molar-refractivity contribution is 7.99. The Kier molecular flexibility index (Phi) is 8.35. The van der Waals surface area contributed by atoms with Gasteiger partial charge < -0.3 is 24.8 Å². The summed E-state index contributed by atoms with van der Waals surface area (Å²) in [6.45, 7) is 0.0272. The number of rotatable bonds is 9. The molecule has 0 bridgehead atoms. The van der Waals surface area contributed by atoms with Gasteiger partial charge >= 0.3 is 18.0 Å². The Balaban J connectivity index is 1.27. The number of carboxylic acid groups (broad SMARTS) is 1. The maximum absolute atomic E-state index is 13.4. The summed E-state index contributed by atoms with van der Waals surface area (Å²) in [4.78, 5) is 51.8. The van der Waals surface area contributed by atoms with Crippen LogP contribution in [0.1, 0.15) is 29.0 Å². The number of amides is 2. The Morgan fingerprint density at radius 3 is 2.17 bits per heavy atom.